The van der Waals surface area contributed by atoms with E-state index in [9.17, 15) is 4.79 Å². The quantitative estimate of drug-likeness (QED) is 0.740. The third-order valence-electron chi connectivity index (χ3n) is 3.62. The highest BCUT2D eigenvalue weighted by atomic mass is 16.1. The predicted molar refractivity (Wildman–Crippen MR) is 70.6 cm³/mol. The Morgan fingerprint density at radius 3 is 2.53 bits per heavy atom. The Hall–Kier alpha value is -1.35. The fourth-order valence-corrected chi connectivity index (χ4v) is 2.35. The van der Waals surface area contributed by atoms with E-state index in [1.165, 1.54) is 16.8 Å². The first-order valence-corrected chi connectivity index (χ1v) is 6.19. The van der Waals surface area contributed by atoms with E-state index in [2.05, 4.69) is 41.8 Å². The summed E-state index contributed by atoms with van der Waals surface area (Å²) < 4.78 is 0. The van der Waals surface area contributed by atoms with Crippen LogP contribution in [0, 0.1) is 13.8 Å². The van der Waals surface area contributed by atoms with Crippen molar-refractivity contribution in [2.45, 2.75) is 13.8 Å². The molecule has 1 saturated heterocycles. The fourth-order valence-electron chi connectivity index (χ4n) is 2.35. The summed E-state index contributed by atoms with van der Waals surface area (Å²) in [7, 11) is 0. The number of rotatable bonds is 3. The molecule has 0 saturated carbocycles. The molecular weight excluding hydrogens is 212 g/mol. The van der Waals surface area contributed by atoms with E-state index in [1.807, 2.05) is 0 Å². The first kappa shape index (κ1) is 12.1. The number of hydrogen-bond donors (Lipinski definition) is 0. The third-order valence-corrected chi connectivity index (χ3v) is 3.62. The number of anilines is 1. The Labute approximate surface area is 103 Å². The van der Waals surface area contributed by atoms with Crippen LogP contribution in [0.1, 0.15) is 11.1 Å². The van der Waals surface area contributed by atoms with Gasteiger partial charge in [-0.15, -0.1) is 0 Å². The minimum absolute atomic E-state index is 0.570. The SMILES string of the molecule is Cc1cccc(N2CCN(CC=O)CC2)c1C. The lowest BCUT2D eigenvalue weighted by atomic mass is 10.1. The number of aldehydes is 1. The molecule has 0 radical (unpaired) electrons. The van der Waals surface area contributed by atoms with Gasteiger partial charge in [0.25, 0.3) is 0 Å². The van der Waals surface area contributed by atoms with Crippen molar-refractivity contribution in [2.75, 3.05) is 37.6 Å². The monoisotopic (exact) mass is 232 g/mol. The maximum atomic E-state index is 10.5. The van der Waals surface area contributed by atoms with Gasteiger partial charge in [0.15, 0.2) is 0 Å². The zero-order valence-electron chi connectivity index (χ0n) is 10.6. The Morgan fingerprint density at radius 1 is 1.18 bits per heavy atom. The van der Waals surface area contributed by atoms with Crippen LogP contribution in [-0.2, 0) is 4.79 Å². The Morgan fingerprint density at radius 2 is 1.88 bits per heavy atom. The molecule has 17 heavy (non-hydrogen) atoms. The number of nitrogens with zero attached hydrogens (tertiary/aromatic N) is 2. The fraction of sp³-hybridized carbons (Fsp3) is 0.500. The summed E-state index contributed by atoms with van der Waals surface area (Å²) >= 11 is 0. The Kier molecular flexibility index (Phi) is 3.79. The molecule has 1 aromatic rings. The zero-order valence-corrected chi connectivity index (χ0v) is 10.6. The number of carbonyl (C=O) groups excluding carboxylic acids is 1. The minimum atomic E-state index is 0.570. The average Bonchev–Trinajstić information content (AvgIpc) is 2.34. The Balaban J connectivity index is 2.05. The molecule has 0 N–H and O–H groups in total. The molecule has 0 unspecified atom stereocenters. The molecule has 0 aromatic heterocycles. The van der Waals surface area contributed by atoms with Crippen LogP contribution >= 0.6 is 0 Å². The van der Waals surface area contributed by atoms with Crippen LogP contribution in [0.5, 0.6) is 0 Å². The number of aryl methyl sites for hydroxylation is 1. The molecule has 1 aliphatic heterocycles. The lowest BCUT2D eigenvalue weighted by molar-refractivity contribution is -0.108. The summed E-state index contributed by atoms with van der Waals surface area (Å²) in [6, 6.07) is 6.47. The van der Waals surface area contributed by atoms with Gasteiger partial charge >= 0.3 is 0 Å². The molecule has 0 bridgehead atoms. The summed E-state index contributed by atoms with van der Waals surface area (Å²) in [4.78, 5) is 15.1. The second-order valence-corrected chi connectivity index (χ2v) is 4.67. The molecule has 3 heteroatoms. The van der Waals surface area contributed by atoms with Gasteiger partial charge in [0, 0.05) is 31.9 Å². The van der Waals surface area contributed by atoms with Gasteiger partial charge in [-0.2, -0.15) is 0 Å². The second kappa shape index (κ2) is 5.32. The summed E-state index contributed by atoms with van der Waals surface area (Å²) in [6.07, 6.45) is 0.994. The third kappa shape index (κ3) is 2.67. The maximum Gasteiger partial charge on any atom is 0.133 e. The molecular formula is C14H20N2O. The van der Waals surface area contributed by atoms with Crippen LogP contribution in [0.15, 0.2) is 18.2 Å². The molecule has 2 rings (SSSR count). The standard InChI is InChI=1S/C14H20N2O/c1-12-4-3-5-14(13(12)2)16-8-6-15(7-9-16)10-11-17/h3-5,11H,6-10H2,1-2H3. The molecule has 92 valence electrons. The van der Waals surface area contributed by atoms with Crippen LogP contribution in [0.3, 0.4) is 0 Å². The Bertz CT molecular complexity index is 395. The van der Waals surface area contributed by atoms with Crippen molar-refractivity contribution in [3.8, 4) is 0 Å². The first-order chi connectivity index (χ1) is 8.22. The molecule has 0 spiro atoms. The highest BCUT2D eigenvalue weighted by molar-refractivity contribution is 5.56. The number of benzene rings is 1. The van der Waals surface area contributed by atoms with E-state index in [4.69, 9.17) is 0 Å². The highest BCUT2D eigenvalue weighted by Crippen LogP contribution is 2.23. The van der Waals surface area contributed by atoms with Crippen molar-refractivity contribution >= 4 is 12.0 Å². The zero-order chi connectivity index (χ0) is 12.3. The normalized spacial score (nSPS) is 17.2. The van der Waals surface area contributed by atoms with Crippen LogP contribution in [0.25, 0.3) is 0 Å². The van der Waals surface area contributed by atoms with Crippen LogP contribution in [0.2, 0.25) is 0 Å². The average molecular weight is 232 g/mol. The van der Waals surface area contributed by atoms with E-state index in [-0.39, 0.29) is 0 Å². The van der Waals surface area contributed by atoms with Crippen molar-refractivity contribution < 1.29 is 4.79 Å². The topological polar surface area (TPSA) is 23.6 Å². The van der Waals surface area contributed by atoms with Crippen LogP contribution in [-0.4, -0.2) is 43.9 Å². The smallest absolute Gasteiger partial charge is 0.133 e. The van der Waals surface area contributed by atoms with Crippen molar-refractivity contribution in [1.29, 1.82) is 0 Å². The van der Waals surface area contributed by atoms with Crippen molar-refractivity contribution in [1.82, 2.24) is 4.90 Å². The second-order valence-electron chi connectivity index (χ2n) is 4.67. The molecule has 1 fully saturated rings. The van der Waals surface area contributed by atoms with Gasteiger partial charge in [0.2, 0.25) is 0 Å². The van der Waals surface area contributed by atoms with Gasteiger partial charge in [-0.1, -0.05) is 12.1 Å². The number of carbonyl (C=O) groups is 1. The van der Waals surface area contributed by atoms with Gasteiger partial charge in [-0.05, 0) is 31.0 Å². The van der Waals surface area contributed by atoms with Gasteiger partial charge in [0.05, 0.1) is 6.54 Å². The molecule has 0 atom stereocenters. The maximum absolute atomic E-state index is 10.5. The van der Waals surface area contributed by atoms with Gasteiger partial charge < -0.3 is 9.69 Å². The molecule has 0 aliphatic carbocycles. The molecule has 1 heterocycles. The molecule has 1 aromatic carbocycles. The summed E-state index contributed by atoms with van der Waals surface area (Å²) in [5.41, 5.74) is 4.06. The minimum Gasteiger partial charge on any atom is -0.369 e. The van der Waals surface area contributed by atoms with Gasteiger partial charge in [0.1, 0.15) is 6.29 Å². The molecule has 1 aliphatic rings. The van der Waals surface area contributed by atoms with Crippen molar-refractivity contribution in [2.24, 2.45) is 0 Å². The lowest BCUT2D eigenvalue weighted by Gasteiger charge is -2.36. The largest absolute Gasteiger partial charge is 0.369 e. The van der Waals surface area contributed by atoms with E-state index in [1.54, 1.807) is 0 Å². The molecule has 0 amide bonds. The van der Waals surface area contributed by atoms with Crippen LogP contribution in [0.4, 0.5) is 5.69 Å². The lowest BCUT2D eigenvalue weighted by Crippen LogP contribution is -2.47. The number of piperazine rings is 1. The summed E-state index contributed by atoms with van der Waals surface area (Å²) in [6.45, 7) is 8.89. The number of hydrogen-bond acceptors (Lipinski definition) is 3. The highest BCUT2D eigenvalue weighted by Gasteiger charge is 2.17. The van der Waals surface area contributed by atoms with E-state index < -0.39 is 0 Å². The van der Waals surface area contributed by atoms with E-state index in [0.717, 1.165) is 32.5 Å². The van der Waals surface area contributed by atoms with Crippen LogP contribution < -0.4 is 4.90 Å². The van der Waals surface area contributed by atoms with E-state index in [0.29, 0.717) is 6.54 Å². The summed E-state index contributed by atoms with van der Waals surface area (Å²) in [5.74, 6) is 0. The van der Waals surface area contributed by atoms with Gasteiger partial charge in [-0.25, -0.2) is 0 Å². The van der Waals surface area contributed by atoms with E-state index >= 15 is 0 Å². The van der Waals surface area contributed by atoms with Gasteiger partial charge in [-0.3, -0.25) is 4.90 Å². The predicted octanol–water partition coefficient (Wildman–Crippen LogP) is 1.62. The van der Waals surface area contributed by atoms with Crippen molar-refractivity contribution in [3.05, 3.63) is 29.3 Å². The summed E-state index contributed by atoms with van der Waals surface area (Å²) in [5, 5.41) is 0. The van der Waals surface area contributed by atoms with Crippen molar-refractivity contribution in [3.63, 3.8) is 0 Å². The molecule has 3 nitrogen and oxygen atoms in total. The first-order valence-electron chi connectivity index (χ1n) is 6.19.